The normalized spacial score (nSPS) is 20.5. The molecule has 0 radical (unpaired) electrons. The number of para-hydroxylation sites is 1. The number of alkyl carbamates (subject to hydrolysis) is 1. The van der Waals surface area contributed by atoms with Crippen molar-refractivity contribution in [3.8, 4) is 5.75 Å². The van der Waals surface area contributed by atoms with Gasteiger partial charge in [-0.15, -0.1) is 0 Å². The Labute approximate surface area is 121 Å². The molecule has 1 N–H and O–H groups in total. The number of carbonyl (C=O) groups is 2. The Morgan fingerprint density at radius 3 is 2.29 bits per heavy atom. The van der Waals surface area contributed by atoms with E-state index in [-0.39, 0.29) is 0 Å². The maximum absolute atomic E-state index is 12.2. The summed E-state index contributed by atoms with van der Waals surface area (Å²) in [5.41, 5.74) is 0.790. The van der Waals surface area contributed by atoms with Crippen LogP contribution in [0.3, 0.4) is 0 Å². The Morgan fingerprint density at radius 1 is 1.00 bits per heavy atom. The molecule has 5 nitrogen and oxygen atoms in total. The summed E-state index contributed by atoms with van der Waals surface area (Å²) in [4.78, 5) is 23.7. The predicted octanol–water partition coefficient (Wildman–Crippen LogP) is 2.44. The number of amides is 1. The van der Waals surface area contributed by atoms with Gasteiger partial charge in [-0.1, -0.05) is 48.5 Å². The summed E-state index contributed by atoms with van der Waals surface area (Å²) < 4.78 is 10.3. The molecule has 2 aromatic rings. The number of nitrogens with one attached hydrogen (secondary N) is 1. The molecule has 1 aliphatic rings. The second-order valence-corrected chi connectivity index (χ2v) is 4.59. The number of rotatable bonds is 3. The van der Waals surface area contributed by atoms with Gasteiger partial charge in [0, 0.05) is 0 Å². The molecule has 1 heterocycles. The van der Waals surface area contributed by atoms with Gasteiger partial charge in [-0.2, -0.15) is 0 Å². The molecule has 1 aliphatic heterocycles. The third-order valence-corrected chi connectivity index (χ3v) is 3.16. The minimum Gasteiger partial charge on any atom is -0.432 e. The maximum atomic E-state index is 12.2. The van der Waals surface area contributed by atoms with Crippen LogP contribution in [0.2, 0.25) is 0 Å². The van der Waals surface area contributed by atoms with Crippen LogP contribution >= 0.6 is 0 Å². The molecule has 106 valence electrons. The van der Waals surface area contributed by atoms with Crippen molar-refractivity contribution in [3.05, 3.63) is 66.2 Å². The predicted molar refractivity (Wildman–Crippen MR) is 74.7 cm³/mol. The van der Waals surface area contributed by atoms with E-state index in [0.717, 1.165) is 5.56 Å². The average Bonchev–Trinajstić information content (AvgIpc) is 2.91. The van der Waals surface area contributed by atoms with Crippen LogP contribution in [0, 0.1) is 0 Å². The highest BCUT2D eigenvalue weighted by atomic mass is 16.6. The number of esters is 1. The Hall–Kier alpha value is -2.82. The van der Waals surface area contributed by atoms with E-state index in [1.54, 1.807) is 24.3 Å². The molecular formula is C16H13NO4. The summed E-state index contributed by atoms with van der Waals surface area (Å²) in [5.74, 6) is -0.189. The fourth-order valence-corrected chi connectivity index (χ4v) is 2.19. The first-order valence-electron chi connectivity index (χ1n) is 6.53. The smallest absolute Gasteiger partial charge is 0.408 e. The lowest BCUT2D eigenvalue weighted by atomic mass is 10.0. The Kier molecular flexibility index (Phi) is 3.55. The number of hydrogen-bond acceptors (Lipinski definition) is 4. The lowest BCUT2D eigenvalue weighted by Crippen LogP contribution is -2.32. The van der Waals surface area contributed by atoms with Crippen molar-refractivity contribution in [1.29, 1.82) is 0 Å². The van der Waals surface area contributed by atoms with Crippen LogP contribution in [-0.4, -0.2) is 18.2 Å². The van der Waals surface area contributed by atoms with Gasteiger partial charge in [0.1, 0.15) is 11.8 Å². The van der Waals surface area contributed by atoms with E-state index < -0.39 is 24.2 Å². The average molecular weight is 283 g/mol. The Morgan fingerprint density at radius 2 is 1.62 bits per heavy atom. The molecule has 5 heteroatoms. The van der Waals surface area contributed by atoms with Gasteiger partial charge in [-0.25, -0.2) is 9.59 Å². The molecule has 0 saturated carbocycles. The largest absolute Gasteiger partial charge is 0.432 e. The first kappa shape index (κ1) is 13.2. The second kappa shape index (κ2) is 5.66. The number of cyclic esters (lactones) is 1. The third-order valence-electron chi connectivity index (χ3n) is 3.16. The number of hydrogen-bond donors (Lipinski definition) is 1. The molecule has 1 amide bonds. The maximum Gasteiger partial charge on any atom is 0.408 e. The summed E-state index contributed by atoms with van der Waals surface area (Å²) in [6.45, 7) is 0. The molecular weight excluding hydrogens is 270 g/mol. The van der Waals surface area contributed by atoms with Gasteiger partial charge in [0.2, 0.25) is 6.10 Å². The molecule has 0 aromatic heterocycles. The lowest BCUT2D eigenvalue weighted by molar-refractivity contribution is -0.143. The van der Waals surface area contributed by atoms with Crippen LogP contribution in [0.15, 0.2) is 60.7 Å². The third kappa shape index (κ3) is 2.86. The van der Waals surface area contributed by atoms with Crippen LogP contribution in [0.1, 0.15) is 11.6 Å². The monoisotopic (exact) mass is 283 g/mol. The molecule has 21 heavy (non-hydrogen) atoms. The van der Waals surface area contributed by atoms with Crippen LogP contribution in [0.5, 0.6) is 5.75 Å². The molecule has 0 aliphatic carbocycles. The summed E-state index contributed by atoms with van der Waals surface area (Å²) >= 11 is 0. The highest BCUT2D eigenvalue weighted by Crippen LogP contribution is 2.26. The summed E-state index contributed by atoms with van der Waals surface area (Å²) in [5, 5.41) is 2.62. The molecule has 3 rings (SSSR count). The van der Waals surface area contributed by atoms with Crippen molar-refractivity contribution in [2.45, 2.75) is 12.1 Å². The van der Waals surface area contributed by atoms with Gasteiger partial charge in [0.05, 0.1) is 0 Å². The van der Waals surface area contributed by atoms with Crippen LogP contribution in [-0.2, 0) is 9.53 Å². The van der Waals surface area contributed by atoms with Crippen molar-refractivity contribution in [1.82, 2.24) is 5.32 Å². The van der Waals surface area contributed by atoms with Gasteiger partial charge in [-0.3, -0.25) is 0 Å². The van der Waals surface area contributed by atoms with E-state index >= 15 is 0 Å². The van der Waals surface area contributed by atoms with Crippen molar-refractivity contribution < 1.29 is 19.1 Å². The highest BCUT2D eigenvalue weighted by molar-refractivity contribution is 5.85. The van der Waals surface area contributed by atoms with Crippen LogP contribution < -0.4 is 10.1 Å². The van der Waals surface area contributed by atoms with E-state index in [0.29, 0.717) is 5.75 Å². The van der Waals surface area contributed by atoms with E-state index in [1.807, 2.05) is 36.4 Å². The molecule has 1 saturated heterocycles. The van der Waals surface area contributed by atoms with Crippen molar-refractivity contribution >= 4 is 12.1 Å². The van der Waals surface area contributed by atoms with Gasteiger partial charge >= 0.3 is 12.1 Å². The molecule has 2 aromatic carbocycles. The van der Waals surface area contributed by atoms with Crippen LogP contribution in [0.25, 0.3) is 0 Å². The lowest BCUT2D eigenvalue weighted by Gasteiger charge is -2.16. The van der Waals surface area contributed by atoms with Crippen LogP contribution in [0.4, 0.5) is 4.79 Å². The highest BCUT2D eigenvalue weighted by Gasteiger charge is 2.41. The van der Waals surface area contributed by atoms with Gasteiger partial charge in [0.15, 0.2) is 0 Å². The SMILES string of the molecule is O=C1N[C@@H](c2ccccc2)[C@H](C(=O)Oc2ccccc2)O1. The molecule has 0 spiro atoms. The fraction of sp³-hybridized carbons (Fsp3) is 0.125. The van der Waals surface area contributed by atoms with Gasteiger partial charge < -0.3 is 14.8 Å². The second-order valence-electron chi connectivity index (χ2n) is 4.59. The topological polar surface area (TPSA) is 64.6 Å². The zero-order valence-corrected chi connectivity index (χ0v) is 11.1. The molecule has 0 bridgehead atoms. The van der Waals surface area contributed by atoms with Gasteiger partial charge in [-0.05, 0) is 17.7 Å². The van der Waals surface area contributed by atoms with E-state index in [2.05, 4.69) is 5.32 Å². The van der Waals surface area contributed by atoms with Crippen molar-refractivity contribution in [3.63, 3.8) is 0 Å². The van der Waals surface area contributed by atoms with E-state index in [1.165, 1.54) is 0 Å². The van der Waals surface area contributed by atoms with E-state index in [4.69, 9.17) is 9.47 Å². The zero-order chi connectivity index (χ0) is 14.7. The fourth-order valence-electron chi connectivity index (χ4n) is 2.19. The first-order valence-corrected chi connectivity index (χ1v) is 6.53. The first-order chi connectivity index (χ1) is 10.2. The summed E-state index contributed by atoms with van der Waals surface area (Å²) in [6.07, 6.45) is -1.63. The Bertz CT molecular complexity index is 642. The number of benzene rings is 2. The standard InChI is InChI=1S/C16H13NO4/c18-15(20-12-9-5-2-6-10-12)14-13(17-16(19)21-14)11-7-3-1-4-8-11/h1-10,13-14H,(H,17,19)/t13-,14+/m0/s1. The van der Waals surface area contributed by atoms with Crippen molar-refractivity contribution in [2.75, 3.05) is 0 Å². The summed E-state index contributed by atoms with van der Waals surface area (Å²) in [6, 6.07) is 17.3. The molecule has 2 atom stereocenters. The quantitative estimate of drug-likeness (QED) is 0.694. The molecule has 1 fully saturated rings. The summed E-state index contributed by atoms with van der Waals surface area (Å²) in [7, 11) is 0. The molecule has 0 unspecified atom stereocenters. The number of carbonyl (C=O) groups excluding carboxylic acids is 2. The zero-order valence-electron chi connectivity index (χ0n) is 11.1. The minimum absolute atomic E-state index is 0.414. The minimum atomic E-state index is -1.000. The Balaban J connectivity index is 1.79. The van der Waals surface area contributed by atoms with Crippen molar-refractivity contribution in [2.24, 2.45) is 0 Å². The number of ether oxygens (including phenoxy) is 2. The van der Waals surface area contributed by atoms with Gasteiger partial charge in [0.25, 0.3) is 0 Å². The van der Waals surface area contributed by atoms with E-state index in [9.17, 15) is 9.59 Å².